The third-order valence-electron chi connectivity index (χ3n) is 5.03. The van der Waals surface area contributed by atoms with E-state index in [0.717, 1.165) is 5.56 Å². The maximum atomic E-state index is 13.6. The molecule has 0 atom stereocenters. The number of anilines is 5. The summed E-state index contributed by atoms with van der Waals surface area (Å²) >= 11 is 0. The van der Waals surface area contributed by atoms with Crippen LogP contribution in [0.25, 0.3) is 0 Å². The Morgan fingerprint density at radius 1 is 1.03 bits per heavy atom. The molecule has 4 N–H and O–H groups in total. The monoisotopic (exact) mass is 492 g/mol. The molecule has 1 aliphatic heterocycles. The van der Waals surface area contributed by atoms with Crippen LogP contribution < -0.4 is 20.7 Å². The van der Waals surface area contributed by atoms with E-state index in [4.69, 9.17) is 0 Å². The highest BCUT2D eigenvalue weighted by atomic mass is 32.2. The number of aromatic nitrogens is 2. The van der Waals surface area contributed by atoms with E-state index in [2.05, 4.69) is 30.6 Å². The molecule has 34 heavy (non-hydrogen) atoms. The van der Waals surface area contributed by atoms with Gasteiger partial charge in [-0.15, -0.1) is 0 Å². The van der Waals surface area contributed by atoms with Crippen molar-refractivity contribution >= 4 is 44.8 Å². The molecule has 0 aliphatic carbocycles. The zero-order chi connectivity index (χ0) is 24.5. The lowest BCUT2D eigenvalue weighted by Crippen LogP contribution is -2.19. The number of halogens is 3. The number of rotatable bonds is 6. The molecule has 1 aromatic heterocycles. The average Bonchev–Trinajstić information content (AvgIpc) is 2.79. The molecule has 1 amide bonds. The van der Waals surface area contributed by atoms with Gasteiger partial charge in [0.25, 0.3) is 0 Å². The third-order valence-corrected chi connectivity index (χ3v) is 6.44. The van der Waals surface area contributed by atoms with Gasteiger partial charge in [-0.3, -0.25) is 4.79 Å². The third kappa shape index (κ3) is 5.10. The van der Waals surface area contributed by atoms with E-state index in [1.165, 1.54) is 37.4 Å². The van der Waals surface area contributed by atoms with Gasteiger partial charge in [0.15, 0.2) is 0 Å². The zero-order valence-corrected chi connectivity index (χ0v) is 18.5. The Kier molecular flexibility index (Phi) is 6.15. The lowest BCUT2D eigenvalue weighted by Gasteiger charge is -2.19. The molecule has 178 valence electrons. The number of nitrogens with zero attached hydrogens (tertiary/aromatic N) is 2. The van der Waals surface area contributed by atoms with E-state index in [1.54, 1.807) is 12.1 Å². The van der Waals surface area contributed by atoms with Gasteiger partial charge in [-0.05, 0) is 55.4 Å². The Hall–Kier alpha value is -3.71. The first-order valence-corrected chi connectivity index (χ1v) is 11.5. The second kappa shape index (κ2) is 8.91. The molecule has 2 aromatic carbocycles. The molecule has 4 rings (SSSR count). The van der Waals surface area contributed by atoms with Crippen molar-refractivity contribution in [2.75, 3.05) is 23.0 Å². The molecule has 9 nitrogen and oxygen atoms in total. The molecule has 0 fully saturated rings. The van der Waals surface area contributed by atoms with Crippen LogP contribution in [0.1, 0.15) is 17.5 Å². The van der Waals surface area contributed by atoms with Crippen molar-refractivity contribution in [3.05, 3.63) is 59.8 Å². The first-order valence-electron chi connectivity index (χ1n) is 10.00. The molecule has 13 heteroatoms. The standard InChI is InChI=1S/C21H19F3N6O3S/c1-25-34(32,33)15-4-2-3-13(10-15)28-20-26-11-16(21(22,23)24)19(30-20)27-14-6-7-17-12(9-14)5-8-18(31)29-17/h2-4,6-7,9-11,25H,5,8H2,1H3,(H,29,31)(H2,26,27,28,30). The number of aryl methyl sites for hydroxylation is 1. The number of amides is 1. The molecule has 0 unspecified atom stereocenters. The van der Waals surface area contributed by atoms with Crippen LogP contribution in [0.2, 0.25) is 0 Å². The van der Waals surface area contributed by atoms with Crippen LogP contribution in [-0.2, 0) is 27.4 Å². The van der Waals surface area contributed by atoms with Gasteiger partial charge in [0.2, 0.25) is 21.9 Å². The van der Waals surface area contributed by atoms with E-state index < -0.39 is 27.6 Å². The lowest BCUT2D eigenvalue weighted by atomic mass is 10.0. The van der Waals surface area contributed by atoms with Gasteiger partial charge >= 0.3 is 6.18 Å². The molecule has 2 heterocycles. The molecule has 1 aliphatic rings. The van der Waals surface area contributed by atoms with Gasteiger partial charge in [0.1, 0.15) is 11.4 Å². The first kappa shape index (κ1) is 23.4. The number of carbonyl (C=O) groups excluding carboxylic acids is 1. The number of carbonyl (C=O) groups is 1. The number of hydrogen-bond donors (Lipinski definition) is 4. The second-order valence-electron chi connectivity index (χ2n) is 7.36. The van der Waals surface area contributed by atoms with Crippen molar-refractivity contribution in [3.63, 3.8) is 0 Å². The van der Waals surface area contributed by atoms with Crippen LogP contribution in [0.15, 0.2) is 53.6 Å². The fraction of sp³-hybridized carbons (Fsp3) is 0.190. The van der Waals surface area contributed by atoms with Crippen LogP contribution in [0.4, 0.5) is 42.0 Å². The molecule has 0 saturated carbocycles. The summed E-state index contributed by atoms with van der Waals surface area (Å²) in [5.74, 6) is -0.769. The fourth-order valence-corrected chi connectivity index (χ4v) is 4.11. The van der Waals surface area contributed by atoms with Crippen molar-refractivity contribution in [3.8, 4) is 0 Å². The summed E-state index contributed by atoms with van der Waals surface area (Å²) in [4.78, 5) is 19.2. The van der Waals surface area contributed by atoms with Crippen LogP contribution in [-0.4, -0.2) is 31.3 Å². The molecule has 3 aromatic rings. The highest BCUT2D eigenvalue weighted by molar-refractivity contribution is 7.89. The Bertz CT molecular complexity index is 1360. The highest BCUT2D eigenvalue weighted by Crippen LogP contribution is 2.36. The summed E-state index contributed by atoms with van der Waals surface area (Å²) in [6.45, 7) is 0. The minimum absolute atomic E-state index is 0.0357. The number of fused-ring (bicyclic) bond motifs is 1. The average molecular weight is 492 g/mol. The predicted molar refractivity (Wildman–Crippen MR) is 120 cm³/mol. The summed E-state index contributed by atoms with van der Waals surface area (Å²) in [7, 11) is -2.45. The van der Waals surface area contributed by atoms with Crippen LogP contribution in [0.3, 0.4) is 0 Å². The Morgan fingerprint density at radius 2 is 1.79 bits per heavy atom. The Labute approximate surface area is 192 Å². The molecular formula is C21H19F3N6O3S. The fourth-order valence-electron chi connectivity index (χ4n) is 3.33. The SMILES string of the molecule is CNS(=O)(=O)c1cccc(Nc2ncc(C(F)(F)F)c(Nc3ccc4c(c3)CCC(=O)N4)n2)c1. The number of nitrogens with one attached hydrogen (secondary N) is 4. The summed E-state index contributed by atoms with van der Waals surface area (Å²) in [5.41, 5.74) is 0.946. The van der Waals surface area contributed by atoms with Gasteiger partial charge in [0, 0.05) is 29.7 Å². The smallest absolute Gasteiger partial charge is 0.340 e. The van der Waals surface area contributed by atoms with Crippen molar-refractivity contribution in [1.29, 1.82) is 0 Å². The summed E-state index contributed by atoms with van der Waals surface area (Å²) in [6, 6.07) is 10.5. The molecule has 0 bridgehead atoms. The number of sulfonamides is 1. The van der Waals surface area contributed by atoms with Crippen LogP contribution in [0, 0.1) is 0 Å². The first-order chi connectivity index (χ1) is 16.0. The van der Waals surface area contributed by atoms with Crippen molar-refractivity contribution in [2.24, 2.45) is 0 Å². The van der Waals surface area contributed by atoms with E-state index in [9.17, 15) is 26.4 Å². The summed E-state index contributed by atoms with van der Waals surface area (Å²) in [5, 5.41) is 8.13. The maximum absolute atomic E-state index is 13.6. The lowest BCUT2D eigenvalue weighted by molar-refractivity contribution is -0.137. The van der Waals surface area contributed by atoms with Gasteiger partial charge < -0.3 is 16.0 Å². The van der Waals surface area contributed by atoms with Gasteiger partial charge in [-0.2, -0.15) is 18.2 Å². The van der Waals surface area contributed by atoms with Crippen molar-refractivity contribution < 1.29 is 26.4 Å². The summed E-state index contributed by atoms with van der Waals surface area (Å²) in [6.07, 6.45) is -3.33. The van der Waals surface area contributed by atoms with Gasteiger partial charge in [0.05, 0.1) is 4.90 Å². The molecule has 0 spiro atoms. The number of alkyl halides is 3. The van der Waals surface area contributed by atoms with Crippen molar-refractivity contribution in [2.45, 2.75) is 23.9 Å². The molecule has 0 saturated heterocycles. The van der Waals surface area contributed by atoms with E-state index in [-0.39, 0.29) is 28.9 Å². The Balaban J connectivity index is 1.65. The molecule has 0 radical (unpaired) electrons. The minimum Gasteiger partial charge on any atom is -0.340 e. The van der Waals surface area contributed by atoms with E-state index in [0.29, 0.717) is 24.0 Å². The van der Waals surface area contributed by atoms with Gasteiger partial charge in [-0.25, -0.2) is 18.1 Å². The number of hydrogen-bond acceptors (Lipinski definition) is 7. The normalized spacial score (nSPS) is 13.7. The van der Waals surface area contributed by atoms with Crippen LogP contribution >= 0.6 is 0 Å². The largest absolute Gasteiger partial charge is 0.421 e. The predicted octanol–water partition coefficient (Wildman–Crippen LogP) is 3.78. The van der Waals surface area contributed by atoms with Gasteiger partial charge in [-0.1, -0.05) is 6.07 Å². The highest BCUT2D eigenvalue weighted by Gasteiger charge is 2.35. The topological polar surface area (TPSA) is 125 Å². The van der Waals surface area contributed by atoms with Crippen molar-refractivity contribution in [1.82, 2.24) is 14.7 Å². The quantitative estimate of drug-likeness (QED) is 0.413. The van der Waals surface area contributed by atoms with E-state index >= 15 is 0 Å². The number of benzene rings is 2. The second-order valence-corrected chi connectivity index (χ2v) is 9.25. The Morgan fingerprint density at radius 3 is 2.53 bits per heavy atom. The summed E-state index contributed by atoms with van der Waals surface area (Å²) < 4.78 is 67.0. The maximum Gasteiger partial charge on any atom is 0.421 e. The zero-order valence-electron chi connectivity index (χ0n) is 17.7. The van der Waals surface area contributed by atoms with E-state index in [1.807, 2.05) is 0 Å². The minimum atomic E-state index is -4.72. The molecular weight excluding hydrogens is 473 g/mol. The van der Waals surface area contributed by atoms with Crippen LogP contribution in [0.5, 0.6) is 0 Å².